The van der Waals surface area contributed by atoms with Gasteiger partial charge in [-0.15, -0.1) is 0 Å². The molecule has 25 heavy (non-hydrogen) atoms. The van der Waals surface area contributed by atoms with E-state index >= 15 is 0 Å². The minimum absolute atomic E-state index is 0.0595. The van der Waals surface area contributed by atoms with Crippen molar-refractivity contribution in [2.24, 2.45) is 5.92 Å². The highest BCUT2D eigenvalue weighted by molar-refractivity contribution is 5.89. The fourth-order valence-corrected chi connectivity index (χ4v) is 3.04. The summed E-state index contributed by atoms with van der Waals surface area (Å²) >= 11 is 0. The van der Waals surface area contributed by atoms with Gasteiger partial charge in [0, 0.05) is 5.69 Å². The number of aromatic nitrogens is 3. The van der Waals surface area contributed by atoms with Crippen LogP contribution in [-0.2, 0) is 6.54 Å². The predicted molar refractivity (Wildman–Crippen MR) is 95.4 cm³/mol. The molecular weight excluding hydrogens is 318 g/mol. The molecule has 3 rings (SSSR count). The Morgan fingerprint density at radius 1 is 1.40 bits per heavy atom. The smallest absolute Gasteiger partial charge is 0.319 e. The molecular formula is C18H25N5O2. The number of urea groups is 1. The van der Waals surface area contributed by atoms with Gasteiger partial charge in [0.1, 0.15) is 11.6 Å². The van der Waals surface area contributed by atoms with Gasteiger partial charge in [-0.2, -0.15) is 5.10 Å². The second-order valence-electron chi connectivity index (χ2n) is 6.99. The van der Waals surface area contributed by atoms with Gasteiger partial charge in [-0.1, -0.05) is 12.1 Å². The number of benzene rings is 1. The molecule has 1 aromatic carbocycles. The fourth-order valence-electron chi connectivity index (χ4n) is 3.04. The second kappa shape index (κ2) is 6.84. The Morgan fingerprint density at radius 2 is 2.16 bits per heavy atom. The Morgan fingerprint density at radius 3 is 2.76 bits per heavy atom. The van der Waals surface area contributed by atoms with E-state index in [0.29, 0.717) is 18.2 Å². The summed E-state index contributed by atoms with van der Waals surface area (Å²) in [5.74, 6) is 1.96. The van der Waals surface area contributed by atoms with Crippen LogP contribution in [-0.4, -0.2) is 38.0 Å². The number of carbonyl (C=O) groups is 1. The maximum atomic E-state index is 12.3. The summed E-state index contributed by atoms with van der Waals surface area (Å²) in [5.41, 5.74) is 1.18. The molecule has 7 nitrogen and oxygen atoms in total. The van der Waals surface area contributed by atoms with E-state index in [0.717, 1.165) is 30.1 Å². The van der Waals surface area contributed by atoms with Crippen molar-refractivity contribution in [2.75, 3.05) is 11.9 Å². The molecule has 0 aliphatic heterocycles. The van der Waals surface area contributed by atoms with Crippen LogP contribution in [0.15, 0.2) is 24.3 Å². The van der Waals surface area contributed by atoms with Gasteiger partial charge in [0.25, 0.3) is 0 Å². The Hall–Kier alpha value is -2.41. The highest BCUT2D eigenvalue weighted by Crippen LogP contribution is 2.39. The molecule has 2 aromatic rings. The van der Waals surface area contributed by atoms with Crippen LogP contribution in [0.3, 0.4) is 0 Å². The largest absolute Gasteiger partial charge is 0.394 e. The quantitative estimate of drug-likeness (QED) is 0.750. The maximum Gasteiger partial charge on any atom is 0.319 e. The number of anilines is 1. The third-order valence-corrected chi connectivity index (χ3v) is 4.69. The predicted octanol–water partition coefficient (Wildman–Crippen LogP) is 2.23. The van der Waals surface area contributed by atoms with E-state index in [-0.39, 0.29) is 12.6 Å². The topological polar surface area (TPSA) is 92.1 Å². The summed E-state index contributed by atoms with van der Waals surface area (Å²) in [6.45, 7) is 6.21. The third kappa shape index (κ3) is 4.17. The molecule has 0 spiro atoms. The normalized spacial score (nSPS) is 16.3. The number of carbonyl (C=O) groups excluding carboxylic acids is 1. The highest BCUT2D eigenvalue weighted by Gasteiger charge is 2.42. The standard InChI is InChI=1S/C18H25N5O2/c1-12-19-13(2)23(22-12)10-14-5-4-6-16(9-14)20-17(25)21-18(3,11-24)15-7-8-15/h4-6,9,15,24H,7-8,10-11H2,1-3H3,(H2,20,21,25)/t18-/m1/s1. The first kappa shape index (κ1) is 17.4. The molecule has 7 heteroatoms. The van der Waals surface area contributed by atoms with E-state index in [4.69, 9.17) is 0 Å². The van der Waals surface area contributed by atoms with Gasteiger partial charge in [-0.3, -0.25) is 0 Å². The SMILES string of the molecule is Cc1nc(C)n(Cc2cccc(NC(=O)N[C@](C)(CO)C3CC3)c2)n1. The Bertz CT molecular complexity index is 769. The van der Waals surface area contributed by atoms with Crippen molar-refractivity contribution in [1.29, 1.82) is 0 Å². The molecule has 1 saturated carbocycles. The number of rotatable bonds is 6. The minimum Gasteiger partial charge on any atom is -0.394 e. The summed E-state index contributed by atoms with van der Waals surface area (Å²) in [6, 6.07) is 7.35. The van der Waals surface area contributed by atoms with Crippen molar-refractivity contribution in [3.8, 4) is 0 Å². The van der Waals surface area contributed by atoms with E-state index < -0.39 is 5.54 Å². The number of nitrogens with one attached hydrogen (secondary N) is 2. The van der Waals surface area contributed by atoms with Crippen molar-refractivity contribution in [1.82, 2.24) is 20.1 Å². The van der Waals surface area contributed by atoms with E-state index in [2.05, 4.69) is 20.7 Å². The van der Waals surface area contributed by atoms with Crippen LogP contribution < -0.4 is 10.6 Å². The van der Waals surface area contributed by atoms with Gasteiger partial charge in [-0.25, -0.2) is 14.5 Å². The molecule has 1 aliphatic carbocycles. The molecule has 0 unspecified atom stereocenters. The van der Waals surface area contributed by atoms with Gasteiger partial charge in [0.15, 0.2) is 0 Å². The molecule has 1 heterocycles. The molecule has 1 aromatic heterocycles. The Balaban J connectivity index is 1.65. The molecule has 0 saturated heterocycles. The van der Waals surface area contributed by atoms with E-state index in [9.17, 15) is 9.90 Å². The summed E-state index contributed by atoms with van der Waals surface area (Å²) in [5, 5.41) is 19.7. The second-order valence-corrected chi connectivity index (χ2v) is 6.99. The number of nitrogens with zero attached hydrogens (tertiary/aromatic N) is 3. The lowest BCUT2D eigenvalue weighted by molar-refractivity contribution is 0.159. The molecule has 1 aliphatic rings. The van der Waals surface area contributed by atoms with E-state index in [1.807, 2.05) is 49.7 Å². The van der Waals surface area contributed by atoms with E-state index in [1.54, 1.807) is 0 Å². The van der Waals surface area contributed by atoms with Crippen molar-refractivity contribution in [3.05, 3.63) is 41.5 Å². The third-order valence-electron chi connectivity index (χ3n) is 4.69. The average molecular weight is 343 g/mol. The van der Waals surface area contributed by atoms with Crippen LogP contribution in [0.25, 0.3) is 0 Å². The number of hydrogen-bond donors (Lipinski definition) is 3. The monoisotopic (exact) mass is 343 g/mol. The van der Waals surface area contributed by atoms with Crippen molar-refractivity contribution < 1.29 is 9.90 Å². The molecule has 1 atom stereocenters. The van der Waals surface area contributed by atoms with Crippen LogP contribution in [0, 0.1) is 19.8 Å². The first-order valence-corrected chi connectivity index (χ1v) is 8.56. The summed E-state index contributed by atoms with van der Waals surface area (Å²) in [6.07, 6.45) is 2.09. The van der Waals surface area contributed by atoms with Crippen molar-refractivity contribution in [3.63, 3.8) is 0 Å². The zero-order chi connectivity index (χ0) is 18.0. The molecule has 134 valence electrons. The lowest BCUT2D eigenvalue weighted by atomic mass is 9.97. The zero-order valence-electron chi connectivity index (χ0n) is 14.9. The van der Waals surface area contributed by atoms with Gasteiger partial charge >= 0.3 is 6.03 Å². The van der Waals surface area contributed by atoms with Crippen molar-refractivity contribution >= 4 is 11.7 Å². The van der Waals surface area contributed by atoms with Gasteiger partial charge in [-0.05, 0) is 57.2 Å². The number of hydrogen-bond acceptors (Lipinski definition) is 4. The molecule has 1 fully saturated rings. The van der Waals surface area contributed by atoms with Crippen LogP contribution in [0.5, 0.6) is 0 Å². The summed E-state index contributed by atoms with van der Waals surface area (Å²) in [7, 11) is 0. The Kier molecular flexibility index (Phi) is 4.76. The molecule has 0 radical (unpaired) electrons. The van der Waals surface area contributed by atoms with Gasteiger partial charge < -0.3 is 15.7 Å². The maximum absolute atomic E-state index is 12.3. The molecule has 0 bridgehead atoms. The van der Waals surface area contributed by atoms with Crippen molar-refractivity contribution in [2.45, 2.75) is 45.7 Å². The highest BCUT2D eigenvalue weighted by atomic mass is 16.3. The van der Waals surface area contributed by atoms with Crippen LogP contribution in [0.1, 0.15) is 37.0 Å². The summed E-state index contributed by atoms with van der Waals surface area (Å²) in [4.78, 5) is 16.6. The number of aliphatic hydroxyl groups is 1. The number of amides is 2. The first-order chi connectivity index (χ1) is 11.9. The summed E-state index contributed by atoms with van der Waals surface area (Å²) < 4.78 is 1.84. The van der Waals surface area contributed by atoms with Crippen LogP contribution in [0.4, 0.5) is 10.5 Å². The minimum atomic E-state index is -0.558. The first-order valence-electron chi connectivity index (χ1n) is 8.56. The number of aliphatic hydroxyl groups excluding tert-OH is 1. The van der Waals surface area contributed by atoms with Crippen LogP contribution >= 0.6 is 0 Å². The molecule has 2 amide bonds. The molecule has 3 N–H and O–H groups in total. The fraction of sp³-hybridized carbons (Fsp3) is 0.500. The van der Waals surface area contributed by atoms with Gasteiger partial charge in [0.05, 0.1) is 18.7 Å². The van der Waals surface area contributed by atoms with E-state index in [1.165, 1.54) is 0 Å². The number of aryl methyl sites for hydroxylation is 2. The average Bonchev–Trinajstić information content (AvgIpc) is 3.35. The lowest BCUT2D eigenvalue weighted by Gasteiger charge is -2.28. The Labute approximate surface area is 147 Å². The lowest BCUT2D eigenvalue weighted by Crippen LogP contribution is -2.52. The van der Waals surface area contributed by atoms with Gasteiger partial charge in [0.2, 0.25) is 0 Å². The van der Waals surface area contributed by atoms with Crippen LogP contribution in [0.2, 0.25) is 0 Å². The zero-order valence-corrected chi connectivity index (χ0v) is 14.9.